The first-order valence-electron chi connectivity index (χ1n) is 4.67. The van der Waals surface area contributed by atoms with Crippen molar-refractivity contribution in [2.45, 2.75) is 6.42 Å². The molecular weight excluding hydrogens is 208 g/mol. The Kier molecular flexibility index (Phi) is 2.55. The first-order valence-corrected chi connectivity index (χ1v) is 4.67. The maximum atomic E-state index is 10.9. The molecule has 2 amide bonds. The molecule has 0 aliphatic carbocycles. The summed E-state index contributed by atoms with van der Waals surface area (Å²) in [4.78, 5) is 28.2. The van der Waals surface area contributed by atoms with Crippen molar-refractivity contribution in [3.05, 3.63) is 23.8 Å². The van der Waals surface area contributed by atoms with Crippen LogP contribution in [0, 0.1) is 0 Å². The fraction of sp³-hybridized carbons (Fsp3) is 0.100. The van der Waals surface area contributed by atoms with Crippen molar-refractivity contribution in [2.75, 3.05) is 5.32 Å². The van der Waals surface area contributed by atoms with Gasteiger partial charge < -0.3 is 10.7 Å². The summed E-state index contributed by atoms with van der Waals surface area (Å²) in [6.07, 6.45) is 0.661. The van der Waals surface area contributed by atoms with Crippen LogP contribution in [0.5, 0.6) is 0 Å². The van der Waals surface area contributed by atoms with Crippen LogP contribution in [0.25, 0.3) is 11.0 Å². The predicted octanol–water partition coefficient (Wildman–Crippen LogP) is 0.159. The van der Waals surface area contributed by atoms with Crippen molar-refractivity contribution >= 4 is 29.3 Å². The molecule has 0 bridgehead atoms. The first-order chi connectivity index (χ1) is 7.70. The molecule has 1 aromatic carbocycles. The van der Waals surface area contributed by atoms with Crippen LogP contribution >= 0.6 is 0 Å². The lowest BCUT2D eigenvalue weighted by atomic mass is 10.1. The van der Waals surface area contributed by atoms with E-state index in [4.69, 9.17) is 5.73 Å². The molecule has 0 saturated heterocycles. The molecule has 0 aliphatic heterocycles. The van der Waals surface area contributed by atoms with Crippen molar-refractivity contribution < 1.29 is 9.59 Å². The number of hydrogen-bond donors (Lipinski definition) is 3. The zero-order valence-electron chi connectivity index (χ0n) is 8.36. The smallest absolute Gasteiger partial charge is 0.221 e. The monoisotopic (exact) mass is 218 g/mol. The van der Waals surface area contributed by atoms with E-state index in [2.05, 4.69) is 15.3 Å². The number of aromatic amines is 1. The van der Waals surface area contributed by atoms with E-state index in [0.717, 1.165) is 11.1 Å². The molecule has 0 radical (unpaired) electrons. The van der Waals surface area contributed by atoms with Gasteiger partial charge in [-0.15, -0.1) is 0 Å². The Balaban J connectivity index is 2.49. The van der Waals surface area contributed by atoms with Crippen molar-refractivity contribution in [1.29, 1.82) is 0 Å². The maximum absolute atomic E-state index is 10.9. The van der Waals surface area contributed by atoms with Gasteiger partial charge >= 0.3 is 0 Å². The minimum absolute atomic E-state index is 0.128. The number of rotatable bonds is 4. The molecule has 0 spiro atoms. The summed E-state index contributed by atoms with van der Waals surface area (Å²) in [5.41, 5.74) is 7.27. The highest BCUT2D eigenvalue weighted by molar-refractivity contribution is 5.87. The van der Waals surface area contributed by atoms with Gasteiger partial charge in [-0.25, -0.2) is 4.98 Å². The number of nitrogens with two attached hydrogens (primary N) is 1. The van der Waals surface area contributed by atoms with Gasteiger partial charge in [0.25, 0.3) is 0 Å². The van der Waals surface area contributed by atoms with Gasteiger partial charge in [-0.3, -0.25) is 14.9 Å². The number of imidazole rings is 1. The number of aromatic nitrogens is 2. The summed E-state index contributed by atoms with van der Waals surface area (Å²) in [6, 6.07) is 5.38. The second kappa shape index (κ2) is 4.01. The zero-order valence-corrected chi connectivity index (χ0v) is 8.36. The fourth-order valence-corrected chi connectivity index (χ4v) is 1.55. The van der Waals surface area contributed by atoms with E-state index in [1.165, 1.54) is 0 Å². The quantitative estimate of drug-likeness (QED) is 0.637. The Morgan fingerprint density at radius 2 is 2.38 bits per heavy atom. The van der Waals surface area contributed by atoms with Crippen LogP contribution in [0.1, 0.15) is 5.56 Å². The van der Waals surface area contributed by atoms with E-state index < -0.39 is 5.91 Å². The standard InChI is InChI=1S/C10H10N4O2/c11-8(16)4-6-2-1-3-7-9(6)14-10(13-7)12-5-15/h1-3,5H,4H2,(H2,11,16)(H2,12,13,14,15). The maximum Gasteiger partial charge on any atom is 0.221 e. The minimum Gasteiger partial charge on any atom is -0.369 e. The molecular formula is C10H10N4O2. The summed E-state index contributed by atoms with van der Waals surface area (Å²) in [5.74, 6) is -0.0673. The van der Waals surface area contributed by atoms with Gasteiger partial charge in [-0.05, 0) is 11.6 Å². The molecule has 6 nitrogen and oxygen atoms in total. The van der Waals surface area contributed by atoms with Gasteiger partial charge in [0.15, 0.2) is 0 Å². The molecule has 4 N–H and O–H groups in total. The molecule has 0 unspecified atom stereocenters. The minimum atomic E-state index is -0.416. The summed E-state index contributed by atoms with van der Waals surface area (Å²) < 4.78 is 0. The van der Waals surface area contributed by atoms with Crippen molar-refractivity contribution in [3.8, 4) is 0 Å². The second-order valence-corrected chi connectivity index (χ2v) is 3.30. The molecule has 16 heavy (non-hydrogen) atoms. The Morgan fingerprint density at radius 3 is 3.06 bits per heavy atom. The Bertz CT molecular complexity index is 547. The van der Waals surface area contributed by atoms with Crippen LogP contribution in [0.15, 0.2) is 18.2 Å². The van der Waals surface area contributed by atoms with Crippen molar-refractivity contribution in [2.24, 2.45) is 5.73 Å². The van der Waals surface area contributed by atoms with Gasteiger partial charge in [-0.1, -0.05) is 12.1 Å². The lowest BCUT2D eigenvalue weighted by Crippen LogP contribution is -2.13. The van der Waals surface area contributed by atoms with Crippen LogP contribution in [0.4, 0.5) is 5.95 Å². The zero-order chi connectivity index (χ0) is 11.5. The number of primary amides is 1. The topological polar surface area (TPSA) is 101 Å². The lowest BCUT2D eigenvalue weighted by Gasteiger charge is -1.97. The number of carbonyl (C=O) groups excluding carboxylic acids is 2. The van der Waals surface area contributed by atoms with Crippen LogP contribution in [-0.4, -0.2) is 22.3 Å². The van der Waals surface area contributed by atoms with E-state index >= 15 is 0 Å². The summed E-state index contributed by atoms with van der Waals surface area (Å²) in [6.45, 7) is 0. The second-order valence-electron chi connectivity index (χ2n) is 3.30. The molecule has 0 atom stereocenters. The van der Waals surface area contributed by atoms with Gasteiger partial charge in [0, 0.05) is 0 Å². The molecule has 2 aromatic rings. The average Bonchev–Trinajstić information content (AvgIpc) is 2.61. The third-order valence-electron chi connectivity index (χ3n) is 2.16. The number of fused-ring (bicyclic) bond motifs is 1. The Hall–Kier alpha value is -2.37. The average molecular weight is 218 g/mol. The summed E-state index contributed by atoms with van der Waals surface area (Å²) in [7, 11) is 0. The number of anilines is 1. The molecule has 82 valence electrons. The molecule has 0 saturated carbocycles. The number of hydrogen-bond acceptors (Lipinski definition) is 3. The van der Waals surface area contributed by atoms with Crippen molar-refractivity contribution in [1.82, 2.24) is 9.97 Å². The number of carbonyl (C=O) groups is 2. The number of amides is 2. The number of para-hydroxylation sites is 1. The molecule has 1 heterocycles. The van der Waals surface area contributed by atoms with Crippen LogP contribution in [0.2, 0.25) is 0 Å². The number of benzene rings is 1. The largest absolute Gasteiger partial charge is 0.369 e. The van der Waals surface area contributed by atoms with E-state index in [9.17, 15) is 9.59 Å². The number of nitrogens with zero attached hydrogens (tertiary/aromatic N) is 1. The van der Waals surface area contributed by atoms with Crippen LogP contribution in [0.3, 0.4) is 0 Å². The fourth-order valence-electron chi connectivity index (χ4n) is 1.55. The van der Waals surface area contributed by atoms with Gasteiger partial charge in [0.2, 0.25) is 18.3 Å². The Labute approximate surface area is 90.8 Å². The number of H-pyrrole nitrogens is 1. The molecule has 1 aromatic heterocycles. The highest BCUT2D eigenvalue weighted by Crippen LogP contribution is 2.18. The SMILES string of the molecule is NC(=O)Cc1cccc2[nH]c(NC=O)nc12. The highest BCUT2D eigenvalue weighted by atomic mass is 16.1. The van der Waals surface area contributed by atoms with Gasteiger partial charge in [0.1, 0.15) is 0 Å². The van der Waals surface area contributed by atoms with Gasteiger partial charge in [0.05, 0.1) is 17.5 Å². The third kappa shape index (κ3) is 1.85. The molecule has 2 rings (SSSR count). The molecule has 0 aliphatic rings. The van der Waals surface area contributed by atoms with Crippen LogP contribution < -0.4 is 11.1 Å². The van der Waals surface area contributed by atoms with Crippen LogP contribution in [-0.2, 0) is 16.0 Å². The summed E-state index contributed by atoms with van der Waals surface area (Å²) >= 11 is 0. The third-order valence-corrected chi connectivity index (χ3v) is 2.16. The number of nitrogens with one attached hydrogen (secondary N) is 2. The highest BCUT2D eigenvalue weighted by Gasteiger charge is 2.08. The lowest BCUT2D eigenvalue weighted by molar-refractivity contribution is -0.117. The summed E-state index contributed by atoms with van der Waals surface area (Å²) in [5, 5.41) is 2.41. The van der Waals surface area contributed by atoms with E-state index in [1.54, 1.807) is 12.1 Å². The first kappa shape index (κ1) is 10.2. The van der Waals surface area contributed by atoms with E-state index in [-0.39, 0.29) is 6.42 Å². The Morgan fingerprint density at radius 1 is 1.56 bits per heavy atom. The van der Waals surface area contributed by atoms with E-state index in [1.807, 2.05) is 6.07 Å². The molecule has 0 fully saturated rings. The molecule has 6 heteroatoms. The van der Waals surface area contributed by atoms with Gasteiger partial charge in [-0.2, -0.15) is 0 Å². The normalized spacial score (nSPS) is 10.2. The van der Waals surface area contributed by atoms with Crippen molar-refractivity contribution in [3.63, 3.8) is 0 Å². The predicted molar refractivity (Wildman–Crippen MR) is 58.7 cm³/mol. The van der Waals surface area contributed by atoms with E-state index in [0.29, 0.717) is 17.9 Å².